The molecule has 1 aromatic rings. The predicted octanol–water partition coefficient (Wildman–Crippen LogP) is 2.50. The lowest BCUT2D eigenvalue weighted by Crippen LogP contribution is -2.39. The van der Waals surface area contributed by atoms with Crippen LogP contribution in [0.1, 0.15) is 19.8 Å². The Morgan fingerprint density at radius 1 is 0.833 bits per heavy atom. The highest BCUT2D eigenvalue weighted by Crippen LogP contribution is 2.40. The van der Waals surface area contributed by atoms with Crippen molar-refractivity contribution in [1.82, 2.24) is 0 Å². The van der Waals surface area contributed by atoms with E-state index >= 15 is 0 Å². The largest absolute Gasteiger partial charge is 0.452 e. The van der Waals surface area contributed by atoms with E-state index in [2.05, 4.69) is 0 Å². The topological polar surface area (TPSA) is 81.7 Å². The molecule has 1 atom stereocenters. The van der Waals surface area contributed by atoms with Crippen molar-refractivity contribution in [2.45, 2.75) is 25.4 Å². The second-order valence-electron chi connectivity index (χ2n) is 7.08. The molecule has 8 heteroatoms. The number of aldehydes is 1. The third-order valence-corrected chi connectivity index (χ3v) is 4.76. The van der Waals surface area contributed by atoms with Crippen LogP contribution in [0.5, 0.6) is 11.5 Å². The summed E-state index contributed by atoms with van der Waals surface area (Å²) in [6.07, 6.45) is 1.63. The average Bonchev–Trinajstić information content (AvgIpc) is 2.77. The Morgan fingerprint density at radius 2 is 1.40 bits per heavy atom. The van der Waals surface area contributed by atoms with Gasteiger partial charge in [0.2, 0.25) is 0 Å². The molecule has 0 aromatic heterocycles. The number of rotatable bonds is 3. The van der Waals surface area contributed by atoms with Crippen LogP contribution < -0.4 is 9.47 Å². The van der Waals surface area contributed by atoms with Crippen LogP contribution >= 0.6 is 0 Å². The minimum atomic E-state index is -0.878. The molecule has 30 heavy (non-hydrogen) atoms. The first-order chi connectivity index (χ1) is 14.7. The van der Waals surface area contributed by atoms with E-state index < -0.39 is 5.60 Å². The maximum absolute atomic E-state index is 11.1. The summed E-state index contributed by atoms with van der Waals surface area (Å²) in [5, 5.41) is 0. The third kappa shape index (κ3) is 6.52. The molecule has 2 aliphatic heterocycles. The molecular formula is C22H30O8. The fourth-order valence-corrected chi connectivity index (χ4v) is 3.20. The Labute approximate surface area is 177 Å². The molecule has 0 spiro atoms. The zero-order valence-corrected chi connectivity index (χ0v) is 17.4. The van der Waals surface area contributed by atoms with Crippen LogP contribution in [0.25, 0.3) is 0 Å². The summed E-state index contributed by atoms with van der Waals surface area (Å²) in [4.78, 5) is 11.1. The van der Waals surface area contributed by atoms with Gasteiger partial charge in [-0.1, -0.05) is 12.1 Å². The molecule has 8 nitrogen and oxygen atoms in total. The van der Waals surface area contributed by atoms with E-state index in [9.17, 15) is 4.79 Å². The number of hydrogen-bond donors (Lipinski definition) is 0. The summed E-state index contributed by atoms with van der Waals surface area (Å²) in [6.45, 7) is 5.63. The van der Waals surface area contributed by atoms with Gasteiger partial charge in [0.1, 0.15) is 18.5 Å². The lowest BCUT2D eigenvalue weighted by atomic mass is 9.95. The number of fused-ring (bicyclic) bond motifs is 1. The number of para-hydroxylation sites is 2. The second kappa shape index (κ2) is 12.0. The summed E-state index contributed by atoms with van der Waals surface area (Å²) in [6, 6.07) is 7.42. The minimum absolute atomic E-state index is 0.195. The van der Waals surface area contributed by atoms with Crippen LogP contribution in [0, 0.1) is 0 Å². The average molecular weight is 422 g/mol. The summed E-state index contributed by atoms with van der Waals surface area (Å²) < 4.78 is 40.8. The van der Waals surface area contributed by atoms with Gasteiger partial charge in [-0.3, -0.25) is 0 Å². The van der Waals surface area contributed by atoms with E-state index in [1.807, 2.05) is 31.2 Å². The zero-order valence-electron chi connectivity index (χ0n) is 17.4. The molecule has 1 aromatic carbocycles. The molecule has 166 valence electrons. The second-order valence-corrected chi connectivity index (χ2v) is 7.08. The van der Waals surface area contributed by atoms with Gasteiger partial charge >= 0.3 is 0 Å². The van der Waals surface area contributed by atoms with Crippen molar-refractivity contribution in [3.8, 4) is 11.5 Å². The molecule has 0 bridgehead atoms. The van der Waals surface area contributed by atoms with Crippen molar-refractivity contribution in [2.24, 2.45) is 0 Å². The molecule has 2 aliphatic rings. The van der Waals surface area contributed by atoms with Gasteiger partial charge < -0.3 is 38.0 Å². The summed E-state index contributed by atoms with van der Waals surface area (Å²) in [5.74, 6) is 2.24. The normalized spacial score (nSPS) is 24.6. The number of benzene rings is 1. The van der Waals surface area contributed by atoms with Crippen LogP contribution in [0.4, 0.5) is 0 Å². The van der Waals surface area contributed by atoms with Crippen molar-refractivity contribution in [2.75, 3.05) is 59.5 Å². The fourth-order valence-electron chi connectivity index (χ4n) is 3.20. The maximum atomic E-state index is 11.1. The predicted molar refractivity (Wildman–Crippen MR) is 108 cm³/mol. The van der Waals surface area contributed by atoms with Crippen molar-refractivity contribution in [3.63, 3.8) is 0 Å². The van der Waals surface area contributed by atoms with Gasteiger partial charge in [0, 0.05) is 6.42 Å². The highest BCUT2D eigenvalue weighted by Gasteiger charge is 2.38. The van der Waals surface area contributed by atoms with E-state index in [0.29, 0.717) is 88.7 Å². The summed E-state index contributed by atoms with van der Waals surface area (Å²) in [5.41, 5.74) is -0.878. The van der Waals surface area contributed by atoms with E-state index in [1.54, 1.807) is 0 Å². The number of hydrogen-bond acceptors (Lipinski definition) is 8. The van der Waals surface area contributed by atoms with E-state index in [1.165, 1.54) is 0 Å². The lowest BCUT2D eigenvalue weighted by Gasteiger charge is -2.35. The lowest BCUT2D eigenvalue weighted by molar-refractivity contribution is -0.110. The first kappa shape index (κ1) is 22.7. The molecular weight excluding hydrogens is 392 g/mol. The van der Waals surface area contributed by atoms with Gasteiger partial charge in [0.05, 0.1) is 52.9 Å². The Hall–Kier alpha value is -1.97. The highest BCUT2D eigenvalue weighted by molar-refractivity contribution is 5.50. The van der Waals surface area contributed by atoms with Gasteiger partial charge in [0.25, 0.3) is 0 Å². The Kier molecular flexibility index (Phi) is 9.10. The molecule has 0 saturated carbocycles. The molecule has 1 unspecified atom stereocenters. The standard InChI is InChI=1S/C22H30O8/c1-22(7-4-8-23)21-20(29-18-5-2-3-6-19(18)30-21)17-27-14-13-25-10-9-24-11-12-26-15-16-28-22/h2-3,5-6,8H,4,7,9-17H2,1H3. The molecule has 0 radical (unpaired) electrons. The Bertz CT molecular complexity index is 704. The van der Waals surface area contributed by atoms with Gasteiger partial charge in [-0.05, 0) is 25.5 Å². The highest BCUT2D eigenvalue weighted by atomic mass is 16.6. The van der Waals surface area contributed by atoms with Gasteiger partial charge in [-0.2, -0.15) is 0 Å². The minimum Gasteiger partial charge on any atom is -0.452 e. The Morgan fingerprint density at radius 3 is 2.03 bits per heavy atom. The van der Waals surface area contributed by atoms with E-state index in [-0.39, 0.29) is 6.61 Å². The van der Waals surface area contributed by atoms with Gasteiger partial charge in [0.15, 0.2) is 23.0 Å². The Balaban J connectivity index is 1.81. The smallest absolute Gasteiger partial charge is 0.176 e. The van der Waals surface area contributed by atoms with Crippen molar-refractivity contribution >= 4 is 6.29 Å². The monoisotopic (exact) mass is 422 g/mol. The van der Waals surface area contributed by atoms with E-state index in [4.69, 9.17) is 33.2 Å². The molecule has 0 saturated heterocycles. The SMILES string of the molecule is CC1(CCC=O)OCCOCCOCCOCCOCC2=C1Oc1ccccc1O2. The van der Waals surface area contributed by atoms with Crippen LogP contribution in [0.15, 0.2) is 35.8 Å². The summed E-state index contributed by atoms with van der Waals surface area (Å²) in [7, 11) is 0. The first-order valence-electron chi connectivity index (χ1n) is 10.3. The van der Waals surface area contributed by atoms with Gasteiger partial charge in [-0.15, -0.1) is 0 Å². The fraction of sp³-hybridized carbons (Fsp3) is 0.591. The van der Waals surface area contributed by atoms with Crippen LogP contribution in [0.3, 0.4) is 0 Å². The number of carbonyl (C=O) groups excluding carboxylic acids is 1. The van der Waals surface area contributed by atoms with Crippen LogP contribution in [-0.2, 0) is 28.5 Å². The first-order valence-corrected chi connectivity index (χ1v) is 10.3. The molecule has 0 fully saturated rings. The quantitative estimate of drug-likeness (QED) is 0.688. The van der Waals surface area contributed by atoms with Gasteiger partial charge in [-0.25, -0.2) is 0 Å². The zero-order chi connectivity index (χ0) is 21.1. The number of carbonyl (C=O) groups is 1. The van der Waals surface area contributed by atoms with Crippen molar-refractivity contribution in [3.05, 3.63) is 35.8 Å². The number of ether oxygens (including phenoxy) is 7. The maximum Gasteiger partial charge on any atom is 0.176 e. The molecule has 0 amide bonds. The van der Waals surface area contributed by atoms with E-state index in [0.717, 1.165) is 6.29 Å². The molecule has 0 N–H and O–H groups in total. The van der Waals surface area contributed by atoms with Crippen LogP contribution in [-0.4, -0.2) is 71.3 Å². The van der Waals surface area contributed by atoms with Crippen molar-refractivity contribution in [1.29, 1.82) is 0 Å². The van der Waals surface area contributed by atoms with Crippen molar-refractivity contribution < 1.29 is 38.0 Å². The molecule has 2 heterocycles. The van der Waals surface area contributed by atoms with Crippen LogP contribution in [0.2, 0.25) is 0 Å². The summed E-state index contributed by atoms with van der Waals surface area (Å²) >= 11 is 0. The molecule has 0 aliphatic carbocycles. The molecule has 3 rings (SSSR count). The third-order valence-electron chi connectivity index (χ3n) is 4.76.